The van der Waals surface area contributed by atoms with Gasteiger partial charge in [0.1, 0.15) is 5.82 Å². The number of H-pyrrole nitrogens is 1. The summed E-state index contributed by atoms with van der Waals surface area (Å²) in [6, 6.07) is 46.2. The van der Waals surface area contributed by atoms with Gasteiger partial charge < -0.3 is 4.98 Å². The molecule has 0 aliphatic rings. The van der Waals surface area contributed by atoms with Crippen LogP contribution in [0.1, 0.15) is 0 Å². The molecule has 6 aromatic carbocycles. The Balaban J connectivity index is 1.27. The highest BCUT2D eigenvalue weighted by Gasteiger charge is 2.21. The van der Waals surface area contributed by atoms with Gasteiger partial charge in [-0.3, -0.25) is 0 Å². The van der Waals surface area contributed by atoms with Gasteiger partial charge >= 0.3 is 0 Å². The monoisotopic (exact) mass is 637 g/mol. The topological polar surface area (TPSA) is 67.3 Å². The average molecular weight is 638 g/mol. The van der Waals surface area contributed by atoms with Crippen LogP contribution in [0.5, 0.6) is 0 Å². The number of thiophene rings is 2. The molecular weight excluding hydrogens is 615 g/mol. The number of nitrogens with one attached hydrogen (secondary N) is 1. The second-order valence-corrected chi connectivity index (χ2v) is 13.7. The molecule has 0 bridgehead atoms. The van der Waals surface area contributed by atoms with Gasteiger partial charge in [0.2, 0.25) is 0 Å². The zero-order valence-corrected chi connectivity index (χ0v) is 26.4. The lowest BCUT2D eigenvalue weighted by Crippen LogP contribution is -2.00. The number of aromatic nitrogens is 5. The SMILES string of the molecule is c1ccc(-c2nc(-c3cccc4sc5ccccc5c34)nc(-c3cccc4sc5cccc(-c6nc7ccccc7[nH]6)c5c34)n2)cc1. The van der Waals surface area contributed by atoms with Gasteiger partial charge in [-0.1, -0.05) is 97.1 Å². The van der Waals surface area contributed by atoms with Crippen LogP contribution in [-0.4, -0.2) is 24.9 Å². The summed E-state index contributed by atoms with van der Waals surface area (Å²) in [7, 11) is 0. The van der Waals surface area contributed by atoms with Crippen LogP contribution in [0.25, 0.3) is 96.9 Å². The fraction of sp³-hybridized carbons (Fsp3) is 0. The number of aromatic amines is 1. The Bertz CT molecular complexity index is 2780. The van der Waals surface area contributed by atoms with Crippen molar-refractivity contribution >= 4 is 74.1 Å². The Morgan fingerprint density at radius 1 is 0.404 bits per heavy atom. The molecule has 220 valence electrons. The average Bonchev–Trinajstić information content (AvgIpc) is 3.85. The number of imidazole rings is 1. The van der Waals surface area contributed by atoms with Crippen molar-refractivity contribution in [1.29, 1.82) is 0 Å². The molecule has 0 unspecified atom stereocenters. The molecule has 0 saturated heterocycles. The van der Waals surface area contributed by atoms with E-state index in [0.717, 1.165) is 49.9 Å². The minimum atomic E-state index is 0.648. The first kappa shape index (κ1) is 26.5. The lowest BCUT2D eigenvalue weighted by Gasteiger charge is -2.11. The molecule has 0 aliphatic heterocycles. The van der Waals surface area contributed by atoms with E-state index >= 15 is 0 Å². The zero-order chi connectivity index (χ0) is 30.9. The molecule has 0 amide bonds. The van der Waals surface area contributed by atoms with Gasteiger partial charge in [0.25, 0.3) is 0 Å². The second-order valence-electron chi connectivity index (χ2n) is 11.5. The molecule has 0 aliphatic carbocycles. The van der Waals surface area contributed by atoms with Crippen LogP contribution < -0.4 is 0 Å². The maximum absolute atomic E-state index is 5.27. The molecule has 4 heterocycles. The number of fused-ring (bicyclic) bond motifs is 7. The molecule has 0 spiro atoms. The van der Waals surface area contributed by atoms with E-state index < -0.39 is 0 Å². The Morgan fingerprint density at radius 2 is 0.957 bits per heavy atom. The van der Waals surface area contributed by atoms with Crippen molar-refractivity contribution in [3.05, 3.63) is 133 Å². The third kappa shape index (κ3) is 4.21. The van der Waals surface area contributed by atoms with Crippen molar-refractivity contribution in [2.45, 2.75) is 0 Å². The van der Waals surface area contributed by atoms with Crippen LogP contribution in [0.2, 0.25) is 0 Å². The van der Waals surface area contributed by atoms with Crippen LogP contribution in [0.4, 0.5) is 0 Å². The van der Waals surface area contributed by atoms with E-state index in [1.807, 2.05) is 36.4 Å². The lowest BCUT2D eigenvalue weighted by molar-refractivity contribution is 1.08. The van der Waals surface area contributed by atoms with Crippen LogP contribution in [0.15, 0.2) is 133 Å². The van der Waals surface area contributed by atoms with Gasteiger partial charge in [-0.25, -0.2) is 19.9 Å². The third-order valence-corrected chi connectivity index (χ3v) is 11.0. The maximum atomic E-state index is 5.27. The highest BCUT2D eigenvalue weighted by Crippen LogP contribution is 2.44. The molecule has 4 aromatic heterocycles. The Morgan fingerprint density at radius 3 is 1.72 bits per heavy atom. The predicted molar refractivity (Wildman–Crippen MR) is 197 cm³/mol. The smallest absolute Gasteiger partial charge is 0.164 e. The van der Waals surface area contributed by atoms with Gasteiger partial charge in [-0.05, 0) is 36.4 Å². The molecule has 47 heavy (non-hydrogen) atoms. The van der Waals surface area contributed by atoms with E-state index in [4.69, 9.17) is 19.9 Å². The first-order valence-electron chi connectivity index (χ1n) is 15.4. The van der Waals surface area contributed by atoms with Gasteiger partial charge in [0.15, 0.2) is 17.5 Å². The normalized spacial score (nSPS) is 11.8. The maximum Gasteiger partial charge on any atom is 0.164 e. The van der Waals surface area contributed by atoms with E-state index in [1.54, 1.807) is 22.7 Å². The molecule has 10 aromatic rings. The second kappa shape index (κ2) is 10.4. The summed E-state index contributed by atoms with van der Waals surface area (Å²) in [4.78, 5) is 24.1. The third-order valence-electron chi connectivity index (χ3n) is 8.72. The summed E-state index contributed by atoms with van der Waals surface area (Å²) < 4.78 is 4.83. The van der Waals surface area contributed by atoms with Crippen molar-refractivity contribution in [3.63, 3.8) is 0 Å². The summed E-state index contributed by atoms with van der Waals surface area (Å²) in [5.74, 6) is 2.81. The van der Waals surface area contributed by atoms with Crippen LogP contribution in [0.3, 0.4) is 0 Å². The molecular formula is C40H23N5S2. The van der Waals surface area contributed by atoms with Crippen molar-refractivity contribution in [2.24, 2.45) is 0 Å². The van der Waals surface area contributed by atoms with Crippen molar-refractivity contribution < 1.29 is 0 Å². The molecule has 0 radical (unpaired) electrons. The first-order chi connectivity index (χ1) is 23.3. The summed E-state index contributed by atoms with van der Waals surface area (Å²) in [6.45, 7) is 0. The quantitative estimate of drug-likeness (QED) is 0.208. The number of para-hydroxylation sites is 2. The first-order valence-corrected chi connectivity index (χ1v) is 17.0. The summed E-state index contributed by atoms with van der Waals surface area (Å²) in [5, 5.41) is 4.67. The number of benzene rings is 6. The summed E-state index contributed by atoms with van der Waals surface area (Å²) in [5.41, 5.74) is 5.95. The van der Waals surface area contributed by atoms with Gasteiger partial charge in [0.05, 0.1) is 11.0 Å². The fourth-order valence-electron chi connectivity index (χ4n) is 6.62. The number of rotatable bonds is 4. The van der Waals surface area contributed by atoms with E-state index in [2.05, 4.69) is 102 Å². The fourth-order valence-corrected chi connectivity index (χ4v) is 8.92. The van der Waals surface area contributed by atoms with E-state index in [1.165, 1.54) is 29.6 Å². The molecule has 7 heteroatoms. The van der Waals surface area contributed by atoms with Gasteiger partial charge in [-0.15, -0.1) is 22.7 Å². The minimum absolute atomic E-state index is 0.648. The molecule has 0 saturated carbocycles. The summed E-state index contributed by atoms with van der Waals surface area (Å²) in [6.07, 6.45) is 0. The Kier molecular flexibility index (Phi) is 5.85. The van der Waals surface area contributed by atoms with Gasteiger partial charge in [-0.2, -0.15) is 0 Å². The molecule has 1 N–H and O–H groups in total. The van der Waals surface area contributed by atoms with Crippen LogP contribution in [0, 0.1) is 0 Å². The van der Waals surface area contributed by atoms with E-state index in [0.29, 0.717) is 17.5 Å². The van der Waals surface area contributed by atoms with Gasteiger partial charge in [0, 0.05) is 62.6 Å². The highest BCUT2D eigenvalue weighted by atomic mass is 32.1. The number of hydrogen-bond acceptors (Lipinski definition) is 6. The van der Waals surface area contributed by atoms with E-state index in [9.17, 15) is 0 Å². The largest absolute Gasteiger partial charge is 0.338 e. The summed E-state index contributed by atoms with van der Waals surface area (Å²) >= 11 is 3.58. The van der Waals surface area contributed by atoms with Crippen molar-refractivity contribution in [3.8, 4) is 45.6 Å². The van der Waals surface area contributed by atoms with Crippen LogP contribution in [-0.2, 0) is 0 Å². The molecule has 5 nitrogen and oxygen atoms in total. The highest BCUT2D eigenvalue weighted by molar-refractivity contribution is 7.26. The minimum Gasteiger partial charge on any atom is -0.338 e. The number of nitrogens with zero attached hydrogens (tertiary/aromatic N) is 4. The number of hydrogen-bond donors (Lipinski definition) is 1. The van der Waals surface area contributed by atoms with Crippen molar-refractivity contribution in [1.82, 2.24) is 24.9 Å². The standard InChI is InChI=1S/C40H23N5S2/c1-2-11-23(12-3-1)37-43-39(25-14-8-20-31-34(25)24-13-4-7-19-30(24)46-31)45-40(44-37)27-16-10-22-33-36(27)35-26(15-9-21-32(35)47-33)38-41-28-17-5-6-18-29(28)42-38/h1-22H,(H,41,42). The van der Waals surface area contributed by atoms with Crippen LogP contribution >= 0.6 is 22.7 Å². The van der Waals surface area contributed by atoms with Crippen molar-refractivity contribution in [2.75, 3.05) is 0 Å². The molecule has 0 fully saturated rings. The Labute approximate surface area is 276 Å². The predicted octanol–water partition coefficient (Wildman–Crippen LogP) is 11.2. The van der Waals surface area contributed by atoms with E-state index in [-0.39, 0.29) is 0 Å². The zero-order valence-electron chi connectivity index (χ0n) is 24.8. The molecule has 0 atom stereocenters. The molecule has 10 rings (SSSR count). The lowest BCUT2D eigenvalue weighted by atomic mass is 10.0. The Hall–Kier alpha value is -5.76.